The number of aliphatic hydroxyl groups is 1. The van der Waals surface area contributed by atoms with E-state index in [1.807, 2.05) is 12.4 Å². The molecule has 8 heteroatoms. The summed E-state index contributed by atoms with van der Waals surface area (Å²) in [5.41, 5.74) is 2.22. The summed E-state index contributed by atoms with van der Waals surface area (Å²) in [6.45, 7) is 5.90. The van der Waals surface area contributed by atoms with E-state index in [2.05, 4.69) is 41.2 Å². The minimum absolute atomic E-state index is 0.00966. The summed E-state index contributed by atoms with van der Waals surface area (Å²) in [5.74, 6) is 2.70. The van der Waals surface area contributed by atoms with Crippen molar-refractivity contribution in [2.24, 2.45) is 5.92 Å². The molecule has 1 saturated heterocycles. The van der Waals surface area contributed by atoms with Crippen molar-refractivity contribution in [2.75, 3.05) is 35.7 Å². The molecule has 0 spiro atoms. The average Bonchev–Trinajstić information content (AvgIpc) is 3.13. The van der Waals surface area contributed by atoms with Crippen LogP contribution in [0.1, 0.15) is 43.9 Å². The van der Waals surface area contributed by atoms with E-state index in [1.54, 1.807) is 0 Å². The molecule has 7 nitrogen and oxygen atoms in total. The largest absolute Gasteiger partial charge is 0.394 e. The lowest BCUT2D eigenvalue weighted by atomic mass is 9.90. The van der Waals surface area contributed by atoms with Gasteiger partial charge in [0, 0.05) is 37.7 Å². The molecule has 0 aromatic carbocycles. The van der Waals surface area contributed by atoms with Crippen molar-refractivity contribution in [3.63, 3.8) is 0 Å². The molecule has 4 heterocycles. The maximum Gasteiger partial charge on any atom is 0.227 e. The van der Waals surface area contributed by atoms with Crippen LogP contribution in [-0.4, -0.2) is 55.8 Å². The average molecular weight is 416 g/mol. The Morgan fingerprint density at radius 2 is 1.97 bits per heavy atom. The van der Waals surface area contributed by atoms with Crippen LogP contribution in [0.3, 0.4) is 0 Å². The molecule has 29 heavy (non-hydrogen) atoms. The van der Waals surface area contributed by atoms with Gasteiger partial charge in [0.25, 0.3) is 0 Å². The smallest absolute Gasteiger partial charge is 0.227 e. The van der Waals surface area contributed by atoms with E-state index in [1.165, 1.54) is 5.56 Å². The molecule has 1 fully saturated rings. The molecule has 0 bridgehead atoms. The number of aryl methyl sites for hydroxylation is 1. The van der Waals surface area contributed by atoms with E-state index in [0.29, 0.717) is 29.9 Å². The van der Waals surface area contributed by atoms with Crippen molar-refractivity contribution in [1.29, 1.82) is 0 Å². The fraction of sp³-hybridized carbons (Fsp3) is 0.571. The zero-order chi connectivity index (χ0) is 20.4. The van der Waals surface area contributed by atoms with E-state index in [0.717, 1.165) is 36.5 Å². The van der Waals surface area contributed by atoms with Crippen LogP contribution in [0, 0.1) is 5.92 Å². The molecule has 0 aliphatic carbocycles. The van der Waals surface area contributed by atoms with Crippen molar-refractivity contribution in [3.8, 4) is 0 Å². The number of piperidine rings is 1. The molecule has 2 aliphatic rings. The Labute approximate surface area is 174 Å². The first kappa shape index (κ1) is 20.2. The highest BCUT2D eigenvalue weighted by Gasteiger charge is 2.30. The number of rotatable bonds is 6. The molecular formula is C21H29N5O2S. The van der Waals surface area contributed by atoms with Gasteiger partial charge in [-0.1, -0.05) is 13.8 Å². The Morgan fingerprint density at radius 1 is 1.24 bits per heavy atom. The van der Waals surface area contributed by atoms with E-state index < -0.39 is 10.8 Å². The first-order valence-corrected chi connectivity index (χ1v) is 11.7. The highest BCUT2D eigenvalue weighted by atomic mass is 32.2. The van der Waals surface area contributed by atoms with Crippen LogP contribution in [0.5, 0.6) is 0 Å². The van der Waals surface area contributed by atoms with Gasteiger partial charge >= 0.3 is 0 Å². The number of hydrogen-bond acceptors (Lipinski definition) is 7. The summed E-state index contributed by atoms with van der Waals surface area (Å²) in [5, 5.41) is 13.1. The van der Waals surface area contributed by atoms with E-state index in [4.69, 9.17) is 9.97 Å². The minimum Gasteiger partial charge on any atom is -0.394 e. The van der Waals surface area contributed by atoms with Gasteiger partial charge in [0.2, 0.25) is 5.95 Å². The Hall–Kier alpha value is -2.06. The molecule has 2 aromatic rings. The van der Waals surface area contributed by atoms with Gasteiger partial charge in [-0.15, -0.1) is 0 Å². The number of pyridine rings is 1. The molecule has 0 saturated carbocycles. The molecule has 4 rings (SSSR count). The predicted molar refractivity (Wildman–Crippen MR) is 115 cm³/mol. The third kappa shape index (κ3) is 4.28. The summed E-state index contributed by atoms with van der Waals surface area (Å²) in [7, 11) is -1.08. The highest BCUT2D eigenvalue weighted by molar-refractivity contribution is 7.85. The fourth-order valence-corrected chi connectivity index (χ4v) is 5.38. The molecule has 2 aromatic heterocycles. The first-order chi connectivity index (χ1) is 14.1. The lowest BCUT2D eigenvalue weighted by molar-refractivity contribution is 0.249. The number of aliphatic hydroxyl groups excluding tert-OH is 1. The van der Waals surface area contributed by atoms with Crippen molar-refractivity contribution >= 4 is 22.6 Å². The van der Waals surface area contributed by atoms with Gasteiger partial charge in [0.15, 0.2) is 0 Å². The van der Waals surface area contributed by atoms with E-state index in [9.17, 15) is 9.32 Å². The van der Waals surface area contributed by atoms with Gasteiger partial charge in [-0.2, -0.15) is 4.98 Å². The molecule has 2 aliphatic heterocycles. The van der Waals surface area contributed by atoms with E-state index >= 15 is 0 Å². The number of nitrogens with zero attached hydrogens (tertiary/aromatic N) is 4. The highest BCUT2D eigenvalue weighted by Crippen LogP contribution is 2.33. The number of fused-ring (bicyclic) bond motifs is 1. The summed E-state index contributed by atoms with van der Waals surface area (Å²) in [4.78, 5) is 16.6. The number of aromatic nitrogens is 3. The van der Waals surface area contributed by atoms with Gasteiger partial charge in [0.1, 0.15) is 10.7 Å². The summed E-state index contributed by atoms with van der Waals surface area (Å²) < 4.78 is 12.5. The van der Waals surface area contributed by atoms with E-state index in [-0.39, 0.29) is 18.6 Å². The van der Waals surface area contributed by atoms with Crippen LogP contribution in [0.15, 0.2) is 29.4 Å². The normalized spacial score (nSPS) is 20.7. The third-order valence-electron chi connectivity index (χ3n) is 5.95. The topological polar surface area (TPSA) is 91.2 Å². The lowest BCUT2D eigenvalue weighted by Crippen LogP contribution is -2.35. The summed E-state index contributed by atoms with van der Waals surface area (Å²) in [6, 6.07) is 4.08. The lowest BCUT2D eigenvalue weighted by Gasteiger charge is -2.33. The zero-order valence-electron chi connectivity index (χ0n) is 17.0. The third-order valence-corrected chi connectivity index (χ3v) is 7.41. The second-order valence-electron chi connectivity index (χ2n) is 8.17. The Balaban J connectivity index is 1.55. The molecule has 2 unspecified atom stereocenters. The molecular weight excluding hydrogens is 386 g/mol. The van der Waals surface area contributed by atoms with Crippen LogP contribution in [-0.2, 0) is 17.2 Å². The SMILES string of the molecule is CC(C)C(CO)Nc1nc(N2CCC(c3ccncc3)CC2)nc2c1S(=O)CC2. The van der Waals surface area contributed by atoms with Crippen LogP contribution >= 0.6 is 0 Å². The van der Waals surface area contributed by atoms with Crippen molar-refractivity contribution in [1.82, 2.24) is 15.0 Å². The fourth-order valence-electron chi connectivity index (χ4n) is 4.07. The van der Waals surface area contributed by atoms with Gasteiger partial charge in [-0.3, -0.25) is 9.19 Å². The second kappa shape index (κ2) is 8.75. The minimum atomic E-state index is -1.08. The monoisotopic (exact) mass is 415 g/mol. The maximum atomic E-state index is 12.5. The van der Waals surface area contributed by atoms with Crippen LogP contribution in [0.2, 0.25) is 0 Å². The Bertz CT molecular complexity index is 869. The number of anilines is 2. The van der Waals surface area contributed by atoms with Gasteiger partial charge in [-0.05, 0) is 42.4 Å². The summed E-state index contributed by atoms with van der Waals surface area (Å²) in [6.07, 6.45) is 6.52. The van der Waals surface area contributed by atoms with Gasteiger partial charge in [0.05, 0.1) is 29.1 Å². The molecule has 2 atom stereocenters. The summed E-state index contributed by atoms with van der Waals surface area (Å²) >= 11 is 0. The predicted octanol–water partition coefficient (Wildman–Crippen LogP) is 2.35. The Morgan fingerprint density at radius 3 is 2.62 bits per heavy atom. The van der Waals surface area contributed by atoms with Crippen molar-refractivity contribution < 1.29 is 9.32 Å². The zero-order valence-corrected chi connectivity index (χ0v) is 17.9. The standard InChI is InChI=1S/C21H29N5O2S/c1-14(2)18(13-27)23-20-19-17(7-12-29(19)28)24-21(25-20)26-10-5-16(6-11-26)15-3-8-22-9-4-15/h3-4,8-9,14,16,18,27H,5-7,10-13H2,1-2H3,(H,23,24,25). The number of hydrogen-bond donors (Lipinski definition) is 2. The molecule has 0 radical (unpaired) electrons. The number of nitrogens with one attached hydrogen (secondary N) is 1. The molecule has 0 amide bonds. The van der Waals surface area contributed by atoms with Gasteiger partial charge < -0.3 is 15.3 Å². The van der Waals surface area contributed by atoms with Crippen LogP contribution in [0.25, 0.3) is 0 Å². The Kier molecular flexibility index (Phi) is 6.10. The van der Waals surface area contributed by atoms with Gasteiger partial charge in [-0.25, -0.2) is 4.98 Å². The van der Waals surface area contributed by atoms with Crippen molar-refractivity contribution in [3.05, 3.63) is 35.8 Å². The quantitative estimate of drug-likeness (QED) is 0.748. The molecule has 2 N–H and O–H groups in total. The van der Waals surface area contributed by atoms with Crippen LogP contribution in [0.4, 0.5) is 11.8 Å². The first-order valence-electron chi connectivity index (χ1n) is 10.4. The van der Waals surface area contributed by atoms with Crippen LogP contribution < -0.4 is 10.2 Å². The second-order valence-corrected chi connectivity index (χ2v) is 9.67. The van der Waals surface area contributed by atoms with Crippen molar-refractivity contribution in [2.45, 2.75) is 50.0 Å². The maximum absolute atomic E-state index is 12.5. The molecule has 156 valence electrons.